The second-order valence-corrected chi connectivity index (χ2v) is 7.98. The molecule has 2 fully saturated rings. The van der Waals surface area contributed by atoms with Gasteiger partial charge in [0.1, 0.15) is 0 Å². The van der Waals surface area contributed by atoms with Crippen LogP contribution >= 0.6 is 0 Å². The van der Waals surface area contributed by atoms with Crippen LogP contribution in [0.4, 0.5) is 0 Å². The van der Waals surface area contributed by atoms with Crippen molar-refractivity contribution >= 4 is 11.9 Å². The highest BCUT2D eigenvalue weighted by Crippen LogP contribution is 2.65. The summed E-state index contributed by atoms with van der Waals surface area (Å²) >= 11 is 0. The monoisotopic (exact) mass is 342 g/mol. The van der Waals surface area contributed by atoms with Gasteiger partial charge in [0.2, 0.25) is 0 Å². The van der Waals surface area contributed by atoms with E-state index in [0.717, 1.165) is 29.5 Å². The molecule has 0 aromatic heterocycles. The lowest BCUT2D eigenvalue weighted by molar-refractivity contribution is -0.140. The highest BCUT2D eigenvalue weighted by Gasteiger charge is 2.63. The number of benzene rings is 1. The first kappa shape index (κ1) is 18.3. The minimum absolute atomic E-state index is 0.0604. The number of allylic oxidation sites excluding steroid dienone is 1. The van der Waals surface area contributed by atoms with Gasteiger partial charge in [0.15, 0.2) is 12.1 Å². The molecule has 0 heterocycles. The fourth-order valence-electron chi connectivity index (χ4n) is 4.57. The van der Waals surface area contributed by atoms with E-state index in [1.165, 1.54) is 0 Å². The number of carbonyl (C=O) groups excluding carboxylic acids is 1. The van der Waals surface area contributed by atoms with Crippen LogP contribution in [0.3, 0.4) is 0 Å². The number of ketones is 1. The Balaban J connectivity index is 1.84. The molecular formula is C22H30O3. The molecule has 0 N–H and O–H groups in total. The van der Waals surface area contributed by atoms with Crippen LogP contribution in [0, 0.1) is 16.7 Å². The second-order valence-electron chi connectivity index (χ2n) is 7.98. The van der Waals surface area contributed by atoms with Crippen molar-refractivity contribution in [1.29, 1.82) is 0 Å². The molecule has 0 aliphatic heterocycles. The molecule has 2 unspecified atom stereocenters. The maximum atomic E-state index is 12.9. The van der Waals surface area contributed by atoms with E-state index in [9.17, 15) is 4.79 Å². The summed E-state index contributed by atoms with van der Waals surface area (Å²) in [5.74, 6) is 0.726. The molecular weight excluding hydrogens is 312 g/mol. The lowest BCUT2D eigenvalue weighted by Gasteiger charge is -2.31. The Morgan fingerprint density at radius 1 is 1.12 bits per heavy atom. The predicted molar refractivity (Wildman–Crippen MR) is 100 cm³/mol. The minimum atomic E-state index is -0.321. The van der Waals surface area contributed by atoms with Gasteiger partial charge in [-0.1, -0.05) is 45.0 Å². The number of hydrogen-bond acceptors (Lipinski definition) is 3. The Labute approximate surface area is 151 Å². The molecule has 2 aliphatic rings. The van der Waals surface area contributed by atoms with Crippen LogP contribution in [0.5, 0.6) is 0 Å². The lowest BCUT2D eigenvalue weighted by atomic mass is 9.70. The van der Waals surface area contributed by atoms with Crippen molar-refractivity contribution < 1.29 is 14.3 Å². The van der Waals surface area contributed by atoms with E-state index in [1.807, 2.05) is 26.0 Å². The number of Topliss-reactive ketones (excluding diaryl/α,β-unsaturated/α-hetero) is 1. The molecule has 2 aliphatic carbocycles. The van der Waals surface area contributed by atoms with Gasteiger partial charge in [-0.25, -0.2) is 0 Å². The van der Waals surface area contributed by atoms with Crippen molar-refractivity contribution in [3.8, 4) is 0 Å². The van der Waals surface area contributed by atoms with E-state index in [1.54, 1.807) is 0 Å². The van der Waals surface area contributed by atoms with Gasteiger partial charge in [-0.3, -0.25) is 4.79 Å². The third-order valence-electron chi connectivity index (χ3n) is 6.53. The third kappa shape index (κ3) is 2.88. The van der Waals surface area contributed by atoms with E-state index in [4.69, 9.17) is 9.47 Å². The molecule has 3 nitrogen and oxygen atoms in total. The summed E-state index contributed by atoms with van der Waals surface area (Å²) in [5.41, 5.74) is 2.96. The van der Waals surface area contributed by atoms with Crippen molar-refractivity contribution in [1.82, 2.24) is 0 Å². The van der Waals surface area contributed by atoms with Crippen molar-refractivity contribution in [3.05, 3.63) is 41.0 Å². The topological polar surface area (TPSA) is 35.5 Å². The standard InChI is InChI=1S/C22H30O3/c1-6-24-20(25-7-2)16-10-8-15(9-11-16)14-17-18-12-13-22(5,19(17)23)21(18,3)4/h8-11,14,18,20H,6-7,12-13H2,1-5H3/b17-14-. The van der Waals surface area contributed by atoms with Crippen LogP contribution in [0.2, 0.25) is 0 Å². The van der Waals surface area contributed by atoms with E-state index >= 15 is 0 Å². The highest BCUT2D eigenvalue weighted by atomic mass is 16.7. The summed E-state index contributed by atoms with van der Waals surface area (Å²) < 4.78 is 11.3. The molecule has 2 bridgehead atoms. The van der Waals surface area contributed by atoms with E-state index in [0.29, 0.717) is 24.9 Å². The largest absolute Gasteiger partial charge is 0.349 e. The van der Waals surface area contributed by atoms with Gasteiger partial charge >= 0.3 is 0 Å². The summed E-state index contributed by atoms with van der Waals surface area (Å²) in [6.07, 6.45) is 3.91. The molecule has 2 saturated carbocycles. The summed E-state index contributed by atoms with van der Waals surface area (Å²) in [5, 5.41) is 0. The average molecular weight is 342 g/mol. The molecule has 2 atom stereocenters. The predicted octanol–water partition coefficient (Wildman–Crippen LogP) is 5.17. The minimum Gasteiger partial charge on any atom is -0.349 e. The molecule has 0 spiro atoms. The first-order chi connectivity index (χ1) is 11.8. The SMILES string of the molecule is CCOC(OCC)c1ccc(/C=C2\C(=O)C3(C)CCC2C3(C)C)cc1. The smallest absolute Gasteiger partial charge is 0.183 e. The Hall–Kier alpha value is -1.45. The number of rotatable bonds is 6. The summed E-state index contributed by atoms with van der Waals surface area (Å²) in [6, 6.07) is 8.18. The molecule has 0 radical (unpaired) electrons. The lowest BCUT2D eigenvalue weighted by Crippen LogP contribution is -2.32. The molecule has 1 aromatic carbocycles. The Morgan fingerprint density at radius 2 is 1.72 bits per heavy atom. The first-order valence-electron chi connectivity index (χ1n) is 9.44. The van der Waals surface area contributed by atoms with Gasteiger partial charge in [-0.2, -0.15) is 0 Å². The van der Waals surface area contributed by atoms with Crippen LogP contribution in [0.15, 0.2) is 29.8 Å². The van der Waals surface area contributed by atoms with Crippen molar-refractivity contribution in [2.75, 3.05) is 13.2 Å². The Morgan fingerprint density at radius 3 is 2.20 bits per heavy atom. The zero-order valence-electron chi connectivity index (χ0n) is 16.1. The molecule has 25 heavy (non-hydrogen) atoms. The Kier molecular flexibility index (Phi) is 4.91. The van der Waals surface area contributed by atoms with Crippen LogP contribution < -0.4 is 0 Å². The van der Waals surface area contributed by atoms with Gasteiger partial charge in [-0.05, 0) is 55.2 Å². The van der Waals surface area contributed by atoms with Gasteiger partial charge in [0.25, 0.3) is 0 Å². The number of hydrogen-bond donors (Lipinski definition) is 0. The van der Waals surface area contributed by atoms with Gasteiger partial charge in [0.05, 0.1) is 0 Å². The molecule has 1 aromatic rings. The highest BCUT2D eigenvalue weighted by molar-refractivity contribution is 6.07. The van der Waals surface area contributed by atoms with Gasteiger partial charge in [-0.15, -0.1) is 0 Å². The normalized spacial score (nSPS) is 29.1. The molecule has 3 heteroatoms. The van der Waals surface area contributed by atoms with Crippen molar-refractivity contribution in [3.63, 3.8) is 0 Å². The summed E-state index contributed by atoms with van der Waals surface area (Å²) in [4.78, 5) is 12.9. The first-order valence-corrected chi connectivity index (χ1v) is 9.44. The van der Waals surface area contributed by atoms with Crippen LogP contribution in [0.25, 0.3) is 6.08 Å². The zero-order valence-corrected chi connectivity index (χ0v) is 16.1. The average Bonchev–Trinajstić information content (AvgIpc) is 2.89. The summed E-state index contributed by atoms with van der Waals surface area (Å²) in [7, 11) is 0. The summed E-state index contributed by atoms with van der Waals surface area (Å²) in [6.45, 7) is 11.8. The number of ether oxygens (including phenoxy) is 2. The third-order valence-corrected chi connectivity index (χ3v) is 6.53. The van der Waals surface area contributed by atoms with Crippen LogP contribution in [-0.2, 0) is 14.3 Å². The zero-order chi connectivity index (χ0) is 18.2. The number of carbonyl (C=O) groups is 1. The molecule has 3 rings (SSSR count). The van der Waals surface area contributed by atoms with Crippen molar-refractivity contribution in [2.45, 2.75) is 53.8 Å². The van der Waals surface area contributed by atoms with Crippen LogP contribution in [-0.4, -0.2) is 19.0 Å². The second kappa shape index (κ2) is 6.69. The maximum Gasteiger partial charge on any atom is 0.183 e. The molecule has 0 saturated heterocycles. The fraction of sp³-hybridized carbons (Fsp3) is 0.591. The van der Waals surface area contributed by atoms with Crippen molar-refractivity contribution in [2.24, 2.45) is 16.7 Å². The van der Waals surface area contributed by atoms with E-state index in [2.05, 4.69) is 39.0 Å². The van der Waals surface area contributed by atoms with Gasteiger partial charge < -0.3 is 9.47 Å². The quantitative estimate of drug-likeness (QED) is 0.529. The van der Waals surface area contributed by atoms with Crippen LogP contribution in [0.1, 0.15) is 64.9 Å². The van der Waals surface area contributed by atoms with Gasteiger partial charge in [0, 0.05) is 24.2 Å². The molecule has 136 valence electrons. The van der Waals surface area contributed by atoms with E-state index in [-0.39, 0.29) is 17.1 Å². The fourth-order valence-corrected chi connectivity index (χ4v) is 4.57. The van der Waals surface area contributed by atoms with E-state index < -0.39 is 0 Å². The number of fused-ring (bicyclic) bond motifs is 2. The molecule has 0 amide bonds. The Bertz CT molecular complexity index is 665. The maximum absolute atomic E-state index is 12.9.